The quantitative estimate of drug-likeness (QED) is 0.566. The van der Waals surface area contributed by atoms with Crippen LogP contribution in [0.2, 0.25) is 0 Å². The van der Waals surface area contributed by atoms with Crippen LogP contribution in [0.1, 0.15) is 26.3 Å². The highest BCUT2D eigenvalue weighted by Crippen LogP contribution is 2.18. The van der Waals surface area contributed by atoms with E-state index in [-0.39, 0.29) is 11.4 Å². The number of hydrogen-bond donors (Lipinski definition) is 2. The van der Waals surface area contributed by atoms with Gasteiger partial charge in [-0.25, -0.2) is 13.1 Å². The first kappa shape index (κ1) is 16.9. The van der Waals surface area contributed by atoms with Gasteiger partial charge in [0, 0.05) is 18.8 Å². The van der Waals surface area contributed by atoms with Crippen molar-refractivity contribution in [3.8, 4) is 0 Å². The molecule has 0 atom stereocenters. The van der Waals surface area contributed by atoms with E-state index in [4.69, 9.17) is 10.5 Å². The molecule has 0 aromatic heterocycles. The second-order valence-corrected chi connectivity index (χ2v) is 6.85. The van der Waals surface area contributed by atoms with Crippen LogP contribution in [0.25, 0.3) is 0 Å². The van der Waals surface area contributed by atoms with E-state index in [0.717, 1.165) is 12.0 Å². The van der Waals surface area contributed by atoms with Crippen LogP contribution < -0.4 is 10.5 Å². The summed E-state index contributed by atoms with van der Waals surface area (Å²) in [5.74, 6) is 0.438. The molecule has 0 radical (unpaired) electrons. The smallest absolute Gasteiger partial charge is 0.240 e. The summed E-state index contributed by atoms with van der Waals surface area (Å²) in [6.07, 6.45) is 0.780. The number of aryl methyl sites for hydroxylation is 1. The van der Waals surface area contributed by atoms with Crippen LogP contribution in [-0.4, -0.2) is 28.2 Å². The number of hydrogen-bond acceptors (Lipinski definition) is 4. The Morgan fingerprint density at radius 3 is 2.60 bits per heavy atom. The van der Waals surface area contributed by atoms with Crippen LogP contribution in [-0.2, 0) is 21.2 Å². The summed E-state index contributed by atoms with van der Waals surface area (Å²) >= 11 is 0. The normalized spacial score (nSPS) is 12.0. The van der Waals surface area contributed by atoms with E-state index in [9.17, 15) is 8.42 Å². The summed E-state index contributed by atoms with van der Waals surface area (Å²) in [4.78, 5) is 0.191. The van der Waals surface area contributed by atoms with Gasteiger partial charge in [-0.15, -0.1) is 0 Å². The highest BCUT2D eigenvalue weighted by atomic mass is 32.2. The molecule has 0 unspecified atom stereocenters. The Balaban J connectivity index is 2.58. The van der Waals surface area contributed by atoms with Crippen LogP contribution in [0.5, 0.6) is 0 Å². The molecule has 0 amide bonds. The predicted octanol–water partition coefficient (Wildman–Crippen LogP) is 1.78. The molecule has 0 spiro atoms. The molecule has 1 aromatic carbocycles. The molecule has 0 aliphatic heterocycles. The SMILES string of the molecule is CCc1ccc(S(=O)(=O)NCCOCC(C)C)cc1N. The summed E-state index contributed by atoms with van der Waals surface area (Å²) in [7, 11) is -3.52. The minimum Gasteiger partial charge on any atom is -0.398 e. The maximum atomic E-state index is 12.1. The number of benzene rings is 1. The molecule has 114 valence electrons. The topological polar surface area (TPSA) is 81.4 Å². The van der Waals surface area contributed by atoms with E-state index in [0.29, 0.717) is 24.8 Å². The minimum absolute atomic E-state index is 0.191. The van der Waals surface area contributed by atoms with Crippen molar-refractivity contribution in [3.63, 3.8) is 0 Å². The van der Waals surface area contributed by atoms with Gasteiger partial charge in [0.05, 0.1) is 11.5 Å². The van der Waals surface area contributed by atoms with Crippen molar-refractivity contribution in [1.82, 2.24) is 4.72 Å². The van der Waals surface area contributed by atoms with Crippen LogP contribution in [0.15, 0.2) is 23.1 Å². The van der Waals surface area contributed by atoms with Crippen LogP contribution in [0.3, 0.4) is 0 Å². The van der Waals surface area contributed by atoms with Crippen molar-refractivity contribution in [2.24, 2.45) is 5.92 Å². The number of anilines is 1. The number of ether oxygens (including phenoxy) is 1. The molecule has 0 saturated carbocycles. The van der Waals surface area contributed by atoms with Gasteiger partial charge in [0.2, 0.25) is 10.0 Å². The van der Waals surface area contributed by atoms with Gasteiger partial charge in [-0.2, -0.15) is 0 Å². The van der Waals surface area contributed by atoms with Gasteiger partial charge in [-0.05, 0) is 30.0 Å². The van der Waals surface area contributed by atoms with E-state index in [1.165, 1.54) is 6.07 Å². The summed E-state index contributed by atoms with van der Waals surface area (Å²) < 4.78 is 32.0. The summed E-state index contributed by atoms with van der Waals surface area (Å²) in [5, 5.41) is 0. The molecule has 0 bridgehead atoms. The lowest BCUT2D eigenvalue weighted by Crippen LogP contribution is -2.28. The third-order valence-electron chi connectivity index (χ3n) is 2.80. The van der Waals surface area contributed by atoms with Gasteiger partial charge >= 0.3 is 0 Å². The second-order valence-electron chi connectivity index (χ2n) is 5.08. The fourth-order valence-electron chi connectivity index (χ4n) is 1.71. The van der Waals surface area contributed by atoms with Gasteiger partial charge in [-0.3, -0.25) is 0 Å². The van der Waals surface area contributed by atoms with Gasteiger partial charge in [0.25, 0.3) is 0 Å². The number of nitrogen functional groups attached to an aromatic ring is 1. The maximum Gasteiger partial charge on any atom is 0.240 e. The van der Waals surface area contributed by atoms with Crippen LogP contribution >= 0.6 is 0 Å². The largest absolute Gasteiger partial charge is 0.398 e. The first-order valence-electron chi connectivity index (χ1n) is 6.82. The third-order valence-corrected chi connectivity index (χ3v) is 4.26. The molecule has 20 heavy (non-hydrogen) atoms. The molecule has 1 aromatic rings. The Morgan fingerprint density at radius 2 is 2.05 bits per heavy atom. The van der Waals surface area contributed by atoms with Crippen LogP contribution in [0, 0.1) is 5.92 Å². The monoisotopic (exact) mass is 300 g/mol. The van der Waals surface area contributed by atoms with E-state index in [1.807, 2.05) is 20.8 Å². The highest BCUT2D eigenvalue weighted by Gasteiger charge is 2.14. The summed E-state index contributed by atoms with van der Waals surface area (Å²) in [6, 6.07) is 4.82. The number of nitrogens with two attached hydrogens (primary N) is 1. The fraction of sp³-hybridized carbons (Fsp3) is 0.571. The first-order valence-corrected chi connectivity index (χ1v) is 8.31. The zero-order chi connectivity index (χ0) is 15.2. The minimum atomic E-state index is -3.52. The highest BCUT2D eigenvalue weighted by molar-refractivity contribution is 7.89. The zero-order valence-electron chi connectivity index (χ0n) is 12.3. The predicted molar refractivity (Wildman–Crippen MR) is 81.1 cm³/mol. The summed E-state index contributed by atoms with van der Waals surface area (Å²) in [6.45, 7) is 7.30. The van der Waals surface area contributed by atoms with Gasteiger partial charge in [-0.1, -0.05) is 26.8 Å². The average Bonchev–Trinajstić information content (AvgIpc) is 2.37. The lowest BCUT2D eigenvalue weighted by molar-refractivity contribution is 0.114. The van der Waals surface area contributed by atoms with Crippen molar-refractivity contribution in [3.05, 3.63) is 23.8 Å². The molecular formula is C14H24N2O3S. The Labute approximate surface area is 121 Å². The van der Waals surface area contributed by atoms with Crippen molar-refractivity contribution < 1.29 is 13.2 Å². The Kier molecular flexibility index (Phi) is 6.45. The first-order chi connectivity index (χ1) is 9.36. The van der Waals surface area contributed by atoms with E-state index in [1.54, 1.807) is 12.1 Å². The zero-order valence-corrected chi connectivity index (χ0v) is 13.2. The fourth-order valence-corrected chi connectivity index (χ4v) is 2.76. The molecule has 1 rings (SSSR count). The van der Waals surface area contributed by atoms with Crippen molar-refractivity contribution in [2.75, 3.05) is 25.5 Å². The third kappa shape index (κ3) is 5.11. The number of sulfonamides is 1. The van der Waals surface area contributed by atoms with E-state index in [2.05, 4.69) is 4.72 Å². The molecular weight excluding hydrogens is 276 g/mol. The maximum absolute atomic E-state index is 12.1. The standard InChI is InChI=1S/C14H24N2O3S/c1-4-12-5-6-13(9-14(12)15)20(17,18)16-7-8-19-10-11(2)3/h5-6,9,11,16H,4,7-8,10,15H2,1-3H3. The molecule has 5 nitrogen and oxygen atoms in total. The van der Waals surface area contributed by atoms with E-state index < -0.39 is 10.0 Å². The molecule has 0 aliphatic carbocycles. The van der Waals surface area contributed by atoms with Gasteiger partial charge in [0.1, 0.15) is 0 Å². The Bertz CT molecular complexity index is 527. The van der Waals surface area contributed by atoms with E-state index >= 15 is 0 Å². The molecule has 0 aliphatic rings. The summed E-state index contributed by atoms with van der Waals surface area (Å²) in [5.41, 5.74) is 7.28. The Hall–Kier alpha value is -1.11. The van der Waals surface area contributed by atoms with Gasteiger partial charge < -0.3 is 10.5 Å². The lowest BCUT2D eigenvalue weighted by atomic mass is 10.1. The van der Waals surface area contributed by atoms with Crippen molar-refractivity contribution in [1.29, 1.82) is 0 Å². The second kappa shape index (κ2) is 7.61. The Morgan fingerprint density at radius 1 is 1.35 bits per heavy atom. The number of nitrogens with one attached hydrogen (secondary N) is 1. The molecule has 0 saturated heterocycles. The van der Waals surface area contributed by atoms with Crippen molar-refractivity contribution in [2.45, 2.75) is 32.1 Å². The lowest BCUT2D eigenvalue weighted by Gasteiger charge is -2.10. The van der Waals surface area contributed by atoms with Gasteiger partial charge in [0.15, 0.2) is 0 Å². The van der Waals surface area contributed by atoms with Crippen molar-refractivity contribution >= 4 is 15.7 Å². The average molecular weight is 300 g/mol. The van der Waals surface area contributed by atoms with Crippen LogP contribution in [0.4, 0.5) is 5.69 Å². The molecule has 0 fully saturated rings. The number of rotatable bonds is 8. The molecule has 3 N–H and O–H groups in total. The molecule has 6 heteroatoms. The molecule has 0 heterocycles.